The highest BCUT2D eigenvalue weighted by molar-refractivity contribution is 5.79. The smallest absolute Gasteiger partial charge is 0.224 e. The fourth-order valence-corrected chi connectivity index (χ4v) is 1.83. The number of fused-ring (bicyclic) bond motifs is 1. The Morgan fingerprint density at radius 2 is 2.06 bits per heavy atom. The standard InChI is InChI=1S/C9H16N6O2/c1-4(16)8(17)15-3-2-12-7-5(15)6(10)13-9(11)14-7/h4,8,16-17H,2-3H2,1H3,(H5,10,11,12,13,14). The first-order valence-electron chi connectivity index (χ1n) is 5.30. The van der Waals surface area contributed by atoms with Crippen LogP contribution in [0.3, 0.4) is 0 Å². The van der Waals surface area contributed by atoms with Crippen molar-refractivity contribution in [2.24, 2.45) is 0 Å². The molecule has 1 aliphatic heterocycles. The van der Waals surface area contributed by atoms with E-state index in [9.17, 15) is 10.2 Å². The number of aliphatic hydroxyl groups is 2. The molecule has 0 bridgehead atoms. The van der Waals surface area contributed by atoms with Crippen molar-refractivity contribution >= 4 is 23.3 Å². The van der Waals surface area contributed by atoms with Crippen LogP contribution in [-0.4, -0.2) is 45.6 Å². The number of hydrogen-bond acceptors (Lipinski definition) is 8. The molecule has 0 radical (unpaired) electrons. The number of nitrogen functional groups attached to an aromatic ring is 2. The molecule has 8 nitrogen and oxygen atoms in total. The summed E-state index contributed by atoms with van der Waals surface area (Å²) in [6.45, 7) is 2.57. The van der Waals surface area contributed by atoms with Gasteiger partial charge in [-0.25, -0.2) is 0 Å². The first-order chi connectivity index (χ1) is 8.00. The van der Waals surface area contributed by atoms with Gasteiger partial charge in [-0.05, 0) is 6.92 Å². The second kappa shape index (κ2) is 4.22. The maximum absolute atomic E-state index is 9.90. The minimum Gasteiger partial charge on any atom is -0.389 e. The fraction of sp³-hybridized carbons (Fsp3) is 0.556. The molecular weight excluding hydrogens is 224 g/mol. The van der Waals surface area contributed by atoms with E-state index in [1.807, 2.05) is 0 Å². The zero-order valence-corrected chi connectivity index (χ0v) is 9.46. The lowest BCUT2D eigenvalue weighted by molar-refractivity contribution is 0.0295. The largest absolute Gasteiger partial charge is 0.389 e. The number of hydrogen-bond donors (Lipinski definition) is 5. The van der Waals surface area contributed by atoms with Crippen molar-refractivity contribution in [1.82, 2.24) is 9.97 Å². The van der Waals surface area contributed by atoms with Crippen LogP contribution in [0.1, 0.15) is 6.92 Å². The van der Waals surface area contributed by atoms with Gasteiger partial charge in [0, 0.05) is 13.1 Å². The minimum absolute atomic E-state index is 0.0714. The highest BCUT2D eigenvalue weighted by Gasteiger charge is 2.29. The molecule has 1 aromatic rings. The van der Waals surface area contributed by atoms with Gasteiger partial charge in [0.05, 0.1) is 6.10 Å². The molecule has 2 rings (SSSR count). The van der Waals surface area contributed by atoms with Crippen LogP contribution < -0.4 is 21.7 Å². The molecule has 1 aliphatic rings. The quantitative estimate of drug-likeness (QED) is 0.425. The molecule has 0 amide bonds. The van der Waals surface area contributed by atoms with Crippen LogP contribution in [0.4, 0.5) is 23.3 Å². The van der Waals surface area contributed by atoms with Gasteiger partial charge in [-0.3, -0.25) is 0 Å². The summed E-state index contributed by atoms with van der Waals surface area (Å²) in [5.41, 5.74) is 11.7. The molecule has 17 heavy (non-hydrogen) atoms. The average molecular weight is 240 g/mol. The topological polar surface area (TPSA) is 134 Å². The van der Waals surface area contributed by atoms with Crippen molar-refractivity contribution in [2.45, 2.75) is 19.3 Å². The van der Waals surface area contributed by atoms with Gasteiger partial charge in [0.25, 0.3) is 0 Å². The van der Waals surface area contributed by atoms with Crippen molar-refractivity contribution < 1.29 is 10.2 Å². The van der Waals surface area contributed by atoms with Crippen molar-refractivity contribution in [3.63, 3.8) is 0 Å². The number of aromatic nitrogens is 2. The van der Waals surface area contributed by atoms with E-state index in [0.29, 0.717) is 24.6 Å². The summed E-state index contributed by atoms with van der Waals surface area (Å²) in [6, 6.07) is 0. The third-order valence-corrected chi connectivity index (χ3v) is 2.61. The molecule has 7 N–H and O–H groups in total. The van der Waals surface area contributed by atoms with Crippen molar-refractivity contribution in [2.75, 3.05) is 34.8 Å². The summed E-state index contributed by atoms with van der Waals surface area (Å²) >= 11 is 0. The van der Waals surface area contributed by atoms with Crippen LogP contribution >= 0.6 is 0 Å². The Balaban J connectivity index is 2.43. The molecular formula is C9H16N6O2. The Kier molecular flexibility index (Phi) is 2.90. The lowest BCUT2D eigenvalue weighted by atomic mass is 10.2. The maximum Gasteiger partial charge on any atom is 0.224 e. The fourth-order valence-electron chi connectivity index (χ4n) is 1.83. The van der Waals surface area contributed by atoms with Crippen LogP contribution in [-0.2, 0) is 0 Å². The van der Waals surface area contributed by atoms with Crippen molar-refractivity contribution in [3.05, 3.63) is 0 Å². The van der Waals surface area contributed by atoms with Crippen molar-refractivity contribution in [3.8, 4) is 0 Å². The van der Waals surface area contributed by atoms with E-state index < -0.39 is 12.3 Å². The lowest BCUT2D eigenvalue weighted by Crippen LogP contribution is -2.47. The molecule has 0 fully saturated rings. The normalized spacial score (nSPS) is 18.2. The average Bonchev–Trinajstić information content (AvgIpc) is 2.26. The molecule has 2 unspecified atom stereocenters. The third-order valence-electron chi connectivity index (χ3n) is 2.61. The zero-order valence-electron chi connectivity index (χ0n) is 9.46. The van der Waals surface area contributed by atoms with Gasteiger partial charge in [0.1, 0.15) is 5.69 Å². The molecule has 0 saturated heterocycles. The first-order valence-corrected chi connectivity index (χ1v) is 5.30. The Hall–Kier alpha value is -1.80. The Morgan fingerprint density at radius 1 is 1.35 bits per heavy atom. The molecule has 0 aliphatic carbocycles. The molecule has 8 heteroatoms. The minimum atomic E-state index is -1.05. The van der Waals surface area contributed by atoms with E-state index in [2.05, 4.69) is 15.3 Å². The van der Waals surface area contributed by atoms with Gasteiger partial charge in [0.15, 0.2) is 17.9 Å². The Morgan fingerprint density at radius 3 is 2.71 bits per heavy atom. The van der Waals surface area contributed by atoms with Gasteiger partial charge in [-0.1, -0.05) is 0 Å². The maximum atomic E-state index is 9.90. The van der Waals surface area contributed by atoms with E-state index in [-0.39, 0.29) is 11.8 Å². The van der Waals surface area contributed by atoms with E-state index >= 15 is 0 Å². The SMILES string of the molecule is CC(O)C(O)N1CCNc2nc(N)nc(N)c21. The van der Waals surface area contributed by atoms with E-state index in [4.69, 9.17) is 11.5 Å². The number of nitrogens with zero attached hydrogens (tertiary/aromatic N) is 3. The molecule has 2 heterocycles. The van der Waals surface area contributed by atoms with Gasteiger partial charge in [-0.15, -0.1) is 0 Å². The van der Waals surface area contributed by atoms with Crippen LogP contribution in [0.25, 0.3) is 0 Å². The van der Waals surface area contributed by atoms with Crippen LogP contribution in [0.5, 0.6) is 0 Å². The second-order valence-corrected chi connectivity index (χ2v) is 3.94. The van der Waals surface area contributed by atoms with E-state index in [0.717, 1.165) is 0 Å². The molecule has 0 saturated carbocycles. The number of rotatable bonds is 2. The highest BCUT2D eigenvalue weighted by atomic mass is 16.3. The van der Waals surface area contributed by atoms with Gasteiger partial charge < -0.3 is 31.9 Å². The summed E-state index contributed by atoms with van der Waals surface area (Å²) in [4.78, 5) is 9.42. The molecule has 0 aromatic carbocycles. The monoisotopic (exact) mass is 240 g/mol. The predicted octanol–water partition coefficient (Wildman–Crippen LogP) is -1.43. The summed E-state index contributed by atoms with van der Waals surface area (Å²) in [5.74, 6) is 0.725. The number of nitrogens with one attached hydrogen (secondary N) is 1. The van der Waals surface area contributed by atoms with Gasteiger partial charge in [0.2, 0.25) is 5.95 Å². The van der Waals surface area contributed by atoms with Crippen molar-refractivity contribution in [1.29, 1.82) is 0 Å². The van der Waals surface area contributed by atoms with Crippen LogP contribution in [0.2, 0.25) is 0 Å². The number of anilines is 4. The Labute approximate surface area is 98.3 Å². The first kappa shape index (κ1) is 11.7. The Bertz CT molecular complexity index is 424. The highest BCUT2D eigenvalue weighted by Crippen LogP contribution is 2.33. The zero-order chi connectivity index (χ0) is 12.6. The summed E-state index contributed by atoms with van der Waals surface area (Å²) in [5, 5.41) is 22.3. The molecule has 1 aromatic heterocycles. The third kappa shape index (κ3) is 2.04. The second-order valence-electron chi connectivity index (χ2n) is 3.94. The molecule has 94 valence electrons. The van der Waals surface area contributed by atoms with Gasteiger partial charge >= 0.3 is 0 Å². The van der Waals surface area contributed by atoms with Gasteiger partial charge in [-0.2, -0.15) is 9.97 Å². The summed E-state index contributed by atoms with van der Waals surface area (Å²) < 4.78 is 0. The number of aliphatic hydroxyl groups excluding tert-OH is 2. The number of nitrogens with two attached hydrogens (primary N) is 2. The lowest BCUT2D eigenvalue weighted by Gasteiger charge is -2.36. The van der Waals surface area contributed by atoms with E-state index in [1.54, 1.807) is 4.90 Å². The van der Waals surface area contributed by atoms with Crippen LogP contribution in [0.15, 0.2) is 0 Å². The molecule has 2 atom stereocenters. The molecule has 0 spiro atoms. The summed E-state index contributed by atoms with van der Waals surface area (Å²) in [6.07, 6.45) is -1.96. The predicted molar refractivity (Wildman–Crippen MR) is 64.4 cm³/mol. The summed E-state index contributed by atoms with van der Waals surface area (Å²) in [7, 11) is 0. The van der Waals surface area contributed by atoms with E-state index in [1.165, 1.54) is 6.92 Å². The van der Waals surface area contributed by atoms with Crippen LogP contribution in [0, 0.1) is 0 Å².